The molecule has 1 unspecified atom stereocenters. The first-order valence-electron chi connectivity index (χ1n) is 9.96. The van der Waals surface area contributed by atoms with Crippen molar-refractivity contribution in [2.75, 3.05) is 19.1 Å². The normalized spacial score (nSPS) is 16.7. The molecular formula is C23H22N2O6. The Morgan fingerprint density at radius 1 is 1.26 bits per heavy atom. The van der Waals surface area contributed by atoms with Gasteiger partial charge in [0.15, 0.2) is 5.75 Å². The Bertz CT molecular complexity index is 1210. The number of anilines is 1. The fraction of sp³-hybridized carbons (Fsp3) is 0.304. The summed E-state index contributed by atoms with van der Waals surface area (Å²) < 4.78 is 11.0. The smallest absolute Gasteiger partial charge is 0.326 e. The summed E-state index contributed by atoms with van der Waals surface area (Å²) in [4.78, 5) is 29.0. The number of carboxylic acid groups (broad SMARTS) is 1. The second-order valence-corrected chi connectivity index (χ2v) is 7.72. The molecule has 31 heavy (non-hydrogen) atoms. The minimum absolute atomic E-state index is 0.377. The molecule has 1 atom stereocenters. The number of rotatable bonds is 5. The lowest BCUT2D eigenvalue weighted by atomic mass is 10.0. The standard InChI is InChI=1S/C23H22N2O6/c1-12-16-9-18(23(26)27)25(10-13-4-5-19-14(6-13)11-30-31-19)22(16)17-7-15(28-2)8-20(29-3)21(17)24-12/h4-8,18H,9-11H2,1-3H3,(H,26,27). The highest BCUT2D eigenvalue weighted by Gasteiger charge is 2.38. The van der Waals surface area contributed by atoms with Crippen LogP contribution in [0.4, 0.5) is 5.69 Å². The van der Waals surface area contributed by atoms with E-state index in [0.717, 1.165) is 33.5 Å². The van der Waals surface area contributed by atoms with Crippen LogP contribution in [0.15, 0.2) is 30.3 Å². The largest absolute Gasteiger partial charge is 0.497 e. The Kier molecular flexibility index (Phi) is 4.59. The molecule has 0 saturated heterocycles. The van der Waals surface area contributed by atoms with Crippen molar-refractivity contribution in [3.05, 3.63) is 52.7 Å². The molecule has 5 rings (SSSR count). The topological polar surface area (TPSA) is 90.4 Å². The SMILES string of the molecule is COc1cc(OC)c2nc(C)c3c(c2c1)N(Cc1ccc2c(c1)COO2)C(C(=O)O)C3. The third-order valence-electron chi connectivity index (χ3n) is 5.95. The van der Waals surface area contributed by atoms with E-state index in [1.165, 1.54) is 0 Å². The van der Waals surface area contributed by atoms with Crippen LogP contribution in [0.2, 0.25) is 0 Å². The molecule has 1 N–H and O–H groups in total. The summed E-state index contributed by atoms with van der Waals surface area (Å²) in [5, 5.41) is 10.8. The highest BCUT2D eigenvalue weighted by atomic mass is 17.2. The van der Waals surface area contributed by atoms with Crippen molar-refractivity contribution in [1.82, 2.24) is 4.98 Å². The summed E-state index contributed by atoms with van der Waals surface area (Å²) in [6, 6.07) is 8.77. The van der Waals surface area contributed by atoms with Crippen LogP contribution in [-0.2, 0) is 29.3 Å². The van der Waals surface area contributed by atoms with Gasteiger partial charge in [-0.2, -0.15) is 4.89 Å². The zero-order chi connectivity index (χ0) is 21.7. The molecule has 8 heteroatoms. The first kappa shape index (κ1) is 19.4. The Labute approximate surface area is 178 Å². The minimum Gasteiger partial charge on any atom is -0.497 e. The van der Waals surface area contributed by atoms with Gasteiger partial charge in [0.25, 0.3) is 0 Å². The first-order valence-corrected chi connectivity index (χ1v) is 9.96. The molecule has 2 aliphatic heterocycles. The van der Waals surface area contributed by atoms with Crippen LogP contribution in [0.3, 0.4) is 0 Å². The number of methoxy groups -OCH3 is 2. The van der Waals surface area contributed by atoms with E-state index in [4.69, 9.17) is 24.2 Å². The molecule has 0 saturated carbocycles. The number of aliphatic carboxylic acids is 1. The summed E-state index contributed by atoms with van der Waals surface area (Å²) >= 11 is 0. The Morgan fingerprint density at radius 2 is 2.10 bits per heavy atom. The van der Waals surface area contributed by atoms with Gasteiger partial charge in [-0.25, -0.2) is 9.78 Å². The van der Waals surface area contributed by atoms with Gasteiger partial charge >= 0.3 is 5.97 Å². The molecular weight excluding hydrogens is 400 g/mol. The molecule has 0 amide bonds. The van der Waals surface area contributed by atoms with Crippen molar-refractivity contribution in [1.29, 1.82) is 0 Å². The van der Waals surface area contributed by atoms with E-state index >= 15 is 0 Å². The minimum atomic E-state index is -0.869. The molecule has 0 radical (unpaired) electrons. The highest BCUT2D eigenvalue weighted by Crippen LogP contribution is 2.44. The quantitative estimate of drug-likeness (QED) is 0.626. The number of carboxylic acids is 1. The fourth-order valence-electron chi connectivity index (χ4n) is 4.44. The van der Waals surface area contributed by atoms with Crippen LogP contribution in [0.25, 0.3) is 10.9 Å². The van der Waals surface area contributed by atoms with Crippen LogP contribution < -0.4 is 19.3 Å². The van der Waals surface area contributed by atoms with E-state index in [1.54, 1.807) is 20.3 Å². The van der Waals surface area contributed by atoms with Gasteiger partial charge in [0, 0.05) is 41.2 Å². The van der Waals surface area contributed by atoms with Crippen molar-refractivity contribution in [2.24, 2.45) is 0 Å². The van der Waals surface area contributed by atoms with E-state index in [1.807, 2.05) is 36.1 Å². The lowest BCUT2D eigenvalue weighted by Crippen LogP contribution is -2.38. The van der Waals surface area contributed by atoms with Crippen molar-refractivity contribution in [3.63, 3.8) is 0 Å². The predicted octanol–water partition coefficient (Wildman–Crippen LogP) is 3.40. The zero-order valence-electron chi connectivity index (χ0n) is 17.5. The molecule has 0 aliphatic carbocycles. The molecule has 160 valence electrons. The number of hydrogen-bond donors (Lipinski definition) is 1. The fourth-order valence-corrected chi connectivity index (χ4v) is 4.44. The van der Waals surface area contributed by atoms with Crippen LogP contribution in [0.5, 0.6) is 17.2 Å². The maximum Gasteiger partial charge on any atom is 0.326 e. The summed E-state index contributed by atoms with van der Waals surface area (Å²) in [6.45, 7) is 2.71. The average molecular weight is 422 g/mol. The van der Waals surface area contributed by atoms with Crippen LogP contribution in [0, 0.1) is 6.92 Å². The van der Waals surface area contributed by atoms with E-state index in [9.17, 15) is 9.90 Å². The van der Waals surface area contributed by atoms with Crippen LogP contribution >= 0.6 is 0 Å². The number of aryl methyl sites for hydroxylation is 1. The predicted molar refractivity (Wildman–Crippen MR) is 113 cm³/mol. The number of aromatic nitrogens is 1. The number of ether oxygens (including phenoxy) is 2. The maximum atomic E-state index is 12.2. The molecule has 3 heterocycles. The Hall–Kier alpha value is -3.52. The number of carbonyl (C=O) groups is 1. The monoisotopic (exact) mass is 422 g/mol. The first-order chi connectivity index (χ1) is 15.0. The van der Waals surface area contributed by atoms with Gasteiger partial charge in [-0.1, -0.05) is 6.07 Å². The summed E-state index contributed by atoms with van der Waals surface area (Å²) in [5.41, 5.74) is 5.21. The van der Waals surface area contributed by atoms with Crippen molar-refractivity contribution in [3.8, 4) is 17.2 Å². The van der Waals surface area contributed by atoms with Crippen molar-refractivity contribution >= 4 is 22.6 Å². The van der Waals surface area contributed by atoms with Gasteiger partial charge < -0.3 is 24.4 Å². The second-order valence-electron chi connectivity index (χ2n) is 7.72. The third kappa shape index (κ3) is 3.11. The number of hydrogen-bond acceptors (Lipinski definition) is 7. The summed E-state index contributed by atoms with van der Waals surface area (Å²) in [6.07, 6.45) is 0.385. The van der Waals surface area contributed by atoms with E-state index in [0.29, 0.717) is 42.3 Å². The summed E-state index contributed by atoms with van der Waals surface area (Å²) in [5.74, 6) is 1.04. The molecule has 2 aliphatic rings. The highest BCUT2D eigenvalue weighted by molar-refractivity contribution is 6.01. The molecule has 3 aromatic rings. The number of nitrogens with zero attached hydrogens (tertiary/aromatic N) is 2. The molecule has 8 nitrogen and oxygen atoms in total. The van der Waals surface area contributed by atoms with E-state index in [2.05, 4.69) is 0 Å². The van der Waals surface area contributed by atoms with Crippen LogP contribution in [-0.4, -0.2) is 36.3 Å². The van der Waals surface area contributed by atoms with Gasteiger partial charge in [-0.05, 0) is 30.7 Å². The van der Waals surface area contributed by atoms with Gasteiger partial charge in [0.2, 0.25) is 0 Å². The molecule has 2 aromatic carbocycles. The summed E-state index contributed by atoms with van der Waals surface area (Å²) in [7, 11) is 3.18. The molecule has 1 aromatic heterocycles. The third-order valence-corrected chi connectivity index (χ3v) is 5.95. The van der Waals surface area contributed by atoms with Crippen molar-refractivity contribution < 1.29 is 29.1 Å². The maximum absolute atomic E-state index is 12.2. The van der Waals surface area contributed by atoms with Gasteiger partial charge in [0.05, 0.1) is 19.9 Å². The van der Waals surface area contributed by atoms with Gasteiger partial charge in [-0.3, -0.25) is 0 Å². The van der Waals surface area contributed by atoms with E-state index in [-0.39, 0.29) is 0 Å². The number of benzene rings is 2. The number of fused-ring (bicyclic) bond motifs is 4. The average Bonchev–Trinajstić information content (AvgIpc) is 3.38. The van der Waals surface area contributed by atoms with E-state index < -0.39 is 12.0 Å². The molecule has 0 fully saturated rings. The molecule has 0 spiro atoms. The number of pyridine rings is 1. The lowest BCUT2D eigenvalue weighted by molar-refractivity contribution is -0.194. The second kappa shape index (κ2) is 7.31. The molecule has 0 bridgehead atoms. The Morgan fingerprint density at radius 3 is 2.84 bits per heavy atom. The van der Waals surface area contributed by atoms with Crippen LogP contribution in [0.1, 0.15) is 22.4 Å². The van der Waals surface area contributed by atoms with Crippen molar-refractivity contribution in [2.45, 2.75) is 32.5 Å². The van der Waals surface area contributed by atoms with Gasteiger partial charge in [-0.15, -0.1) is 0 Å². The zero-order valence-corrected chi connectivity index (χ0v) is 17.5. The Balaban J connectivity index is 1.69. The van der Waals surface area contributed by atoms with Gasteiger partial charge in [0.1, 0.15) is 29.7 Å². The lowest BCUT2D eigenvalue weighted by Gasteiger charge is -2.26.